The largest absolute Gasteiger partial charge is 0.377 e. The summed E-state index contributed by atoms with van der Waals surface area (Å²) in [6.07, 6.45) is 1.51. The highest BCUT2D eigenvalue weighted by atomic mass is 32.2. The van der Waals surface area contributed by atoms with Crippen molar-refractivity contribution < 1.29 is 8.42 Å². The first-order valence-corrected chi connectivity index (χ1v) is 10.9. The summed E-state index contributed by atoms with van der Waals surface area (Å²) < 4.78 is 29.5. The number of benzene rings is 2. The van der Waals surface area contributed by atoms with Crippen LogP contribution in [0.25, 0.3) is 10.8 Å². The van der Waals surface area contributed by atoms with Crippen molar-refractivity contribution in [3.05, 3.63) is 36.4 Å². The van der Waals surface area contributed by atoms with E-state index in [0.29, 0.717) is 4.90 Å². The highest BCUT2D eigenvalue weighted by Crippen LogP contribution is 2.32. The highest BCUT2D eigenvalue weighted by molar-refractivity contribution is 7.89. The number of piperidine rings is 1. The predicted octanol–water partition coefficient (Wildman–Crippen LogP) is 3.49. The Kier molecular flexibility index (Phi) is 5.04. The second-order valence-electron chi connectivity index (χ2n) is 9.14. The molecule has 1 aliphatic heterocycles. The van der Waals surface area contributed by atoms with E-state index in [2.05, 4.69) is 37.7 Å². The van der Waals surface area contributed by atoms with Crippen LogP contribution in [-0.4, -0.2) is 39.6 Å². The van der Waals surface area contributed by atoms with Gasteiger partial charge in [-0.15, -0.1) is 0 Å². The summed E-state index contributed by atoms with van der Waals surface area (Å²) in [5, 5.41) is 5.29. The molecule has 0 radical (unpaired) electrons. The van der Waals surface area contributed by atoms with Crippen molar-refractivity contribution in [3.63, 3.8) is 0 Å². The Bertz CT molecular complexity index is 933. The summed E-state index contributed by atoms with van der Waals surface area (Å²) in [7, 11) is 0.306. The molecule has 2 aromatic rings. The van der Waals surface area contributed by atoms with E-state index in [1.165, 1.54) is 0 Å². The maximum absolute atomic E-state index is 13.3. The lowest BCUT2D eigenvalue weighted by Crippen LogP contribution is -2.62. The molecule has 1 heterocycles. The maximum Gasteiger partial charge on any atom is 0.241 e. The fourth-order valence-electron chi connectivity index (χ4n) is 4.58. The van der Waals surface area contributed by atoms with Gasteiger partial charge in [-0.1, -0.05) is 24.3 Å². The number of anilines is 1. The van der Waals surface area contributed by atoms with E-state index in [-0.39, 0.29) is 17.1 Å². The van der Waals surface area contributed by atoms with Crippen LogP contribution < -0.4 is 14.9 Å². The average Bonchev–Trinajstić information content (AvgIpc) is 2.49. The molecule has 3 rings (SSSR count). The zero-order valence-electron chi connectivity index (χ0n) is 17.1. The van der Waals surface area contributed by atoms with Crippen molar-refractivity contribution in [2.75, 3.05) is 19.0 Å². The Morgan fingerprint density at radius 1 is 0.963 bits per heavy atom. The third-order valence-corrected chi connectivity index (χ3v) is 6.72. The topological polar surface area (TPSA) is 61.4 Å². The van der Waals surface area contributed by atoms with Gasteiger partial charge in [0, 0.05) is 47.7 Å². The number of hydrogen-bond donors (Lipinski definition) is 2. The second kappa shape index (κ2) is 6.76. The minimum absolute atomic E-state index is 0.103. The SMILES string of the molecule is CN(C)c1cccc2c(S(=O)(=O)NC3CC(C)(C)NC(C)(C)C3)cccc12. The fraction of sp³-hybridized carbons (Fsp3) is 0.524. The number of nitrogens with one attached hydrogen (secondary N) is 2. The van der Waals surface area contributed by atoms with Gasteiger partial charge in [0.15, 0.2) is 0 Å². The van der Waals surface area contributed by atoms with Gasteiger partial charge in [-0.3, -0.25) is 0 Å². The summed E-state index contributed by atoms with van der Waals surface area (Å²) in [5.74, 6) is 0. The van der Waals surface area contributed by atoms with Crippen LogP contribution in [0.2, 0.25) is 0 Å². The molecular weight excluding hydrogens is 358 g/mol. The van der Waals surface area contributed by atoms with E-state index in [0.717, 1.165) is 29.3 Å². The maximum atomic E-state index is 13.3. The number of nitrogens with zero attached hydrogens (tertiary/aromatic N) is 1. The molecule has 0 aromatic heterocycles. The third-order valence-electron chi connectivity index (χ3n) is 5.14. The van der Waals surface area contributed by atoms with E-state index in [9.17, 15) is 8.42 Å². The highest BCUT2D eigenvalue weighted by Gasteiger charge is 2.39. The van der Waals surface area contributed by atoms with Crippen molar-refractivity contribution in [2.24, 2.45) is 0 Å². The summed E-state index contributed by atoms with van der Waals surface area (Å²) in [6, 6.07) is 11.2. The molecule has 2 N–H and O–H groups in total. The quantitative estimate of drug-likeness (QED) is 0.840. The molecular formula is C21H31N3O2S. The number of rotatable bonds is 4. The fourth-order valence-corrected chi connectivity index (χ4v) is 6.04. The van der Waals surface area contributed by atoms with Crippen LogP contribution in [0.15, 0.2) is 41.3 Å². The van der Waals surface area contributed by atoms with E-state index in [1.54, 1.807) is 6.07 Å². The Morgan fingerprint density at radius 3 is 2.11 bits per heavy atom. The van der Waals surface area contributed by atoms with E-state index in [4.69, 9.17) is 0 Å². The Labute approximate surface area is 163 Å². The second-order valence-corrected chi connectivity index (χ2v) is 10.8. The summed E-state index contributed by atoms with van der Waals surface area (Å²) >= 11 is 0. The summed E-state index contributed by atoms with van der Waals surface area (Å²) in [6.45, 7) is 8.49. The number of fused-ring (bicyclic) bond motifs is 1. The van der Waals surface area contributed by atoms with Gasteiger partial charge in [0.05, 0.1) is 4.90 Å². The Morgan fingerprint density at radius 2 is 1.52 bits per heavy atom. The monoisotopic (exact) mass is 389 g/mol. The van der Waals surface area contributed by atoms with Gasteiger partial charge in [0.2, 0.25) is 10.0 Å². The average molecular weight is 390 g/mol. The molecule has 0 aliphatic carbocycles. The first-order chi connectivity index (χ1) is 12.4. The zero-order valence-corrected chi connectivity index (χ0v) is 17.9. The molecule has 1 aliphatic rings. The number of sulfonamides is 1. The molecule has 1 fully saturated rings. The van der Waals surface area contributed by atoms with Crippen molar-refractivity contribution in [1.82, 2.24) is 10.0 Å². The lowest BCUT2D eigenvalue weighted by atomic mass is 9.80. The van der Waals surface area contributed by atoms with Gasteiger partial charge in [0.1, 0.15) is 0 Å². The van der Waals surface area contributed by atoms with E-state index < -0.39 is 10.0 Å². The molecule has 1 saturated heterocycles. The minimum atomic E-state index is -3.63. The van der Waals surface area contributed by atoms with Crippen molar-refractivity contribution in [3.8, 4) is 0 Å². The lowest BCUT2D eigenvalue weighted by Gasteiger charge is -2.46. The lowest BCUT2D eigenvalue weighted by molar-refractivity contribution is 0.157. The van der Waals surface area contributed by atoms with Gasteiger partial charge in [-0.2, -0.15) is 0 Å². The molecule has 0 unspecified atom stereocenters. The van der Waals surface area contributed by atoms with Gasteiger partial charge < -0.3 is 10.2 Å². The van der Waals surface area contributed by atoms with Crippen LogP contribution in [0.5, 0.6) is 0 Å². The van der Waals surface area contributed by atoms with E-state index in [1.807, 2.05) is 49.3 Å². The molecule has 0 bridgehead atoms. The van der Waals surface area contributed by atoms with Crippen LogP contribution in [0.1, 0.15) is 40.5 Å². The Hall–Kier alpha value is -1.63. The Balaban J connectivity index is 2.00. The molecule has 0 amide bonds. The standard InChI is InChI=1S/C21H31N3O2S/c1-20(2)13-15(14-21(3,4)23-20)22-27(25,26)19-12-8-9-16-17(19)10-7-11-18(16)24(5)6/h7-12,15,22-23H,13-14H2,1-6H3. The minimum Gasteiger partial charge on any atom is -0.377 e. The predicted molar refractivity (Wildman–Crippen MR) is 113 cm³/mol. The molecule has 148 valence electrons. The smallest absolute Gasteiger partial charge is 0.241 e. The third kappa shape index (κ3) is 4.28. The van der Waals surface area contributed by atoms with Crippen LogP contribution in [0, 0.1) is 0 Å². The van der Waals surface area contributed by atoms with Gasteiger partial charge in [0.25, 0.3) is 0 Å². The first-order valence-electron chi connectivity index (χ1n) is 9.41. The van der Waals surface area contributed by atoms with Crippen LogP contribution in [0.3, 0.4) is 0 Å². The van der Waals surface area contributed by atoms with Gasteiger partial charge >= 0.3 is 0 Å². The van der Waals surface area contributed by atoms with Crippen LogP contribution in [0.4, 0.5) is 5.69 Å². The van der Waals surface area contributed by atoms with Crippen molar-refractivity contribution in [1.29, 1.82) is 0 Å². The first kappa shape index (κ1) is 20.1. The molecule has 0 atom stereocenters. The van der Waals surface area contributed by atoms with Gasteiger partial charge in [-0.05, 0) is 52.7 Å². The summed E-state index contributed by atoms with van der Waals surface area (Å²) in [4.78, 5) is 2.35. The van der Waals surface area contributed by atoms with E-state index >= 15 is 0 Å². The number of hydrogen-bond acceptors (Lipinski definition) is 4. The van der Waals surface area contributed by atoms with Crippen molar-refractivity contribution >= 4 is 26.5 Å². The molecule has 2 aromatic carbocycles. The molecule has 5 nitrogen and oxygen atoms in total. The molecule has 6 heteroatoms. The molecule has 0 saturated carbocycles. The summed E-state index contributed by atoms with van der Waals surface area (Å²) in [5.41, 5.74) is 0.770. The van der Waals surface area contributed by atoms with Crippen LogP contribution >= 0.6 is 0 Å². The normalized spacial score (nSPS) is 19.9. The molecule has 0 spiro atoms. The van der Waals surface area contributed by atoms with Crippen LogP contribution in [-0.2, 0) is 10.0 Å². The van der Waals surface area contributed by atoms with Gasteiger partial charge in [-0.25, -0.2) is 13.1 Å². The molecule has 27 heavy (non-hydrogen) atoms. The zero-order chi connectivity index (χ0) is 20.0. The van der Waals surface area contributed by atoms with Crippen molar-refractivity contribution in [2.45, 2.75) is 62.6 Å².